The molecule has 0 bridgehead atoms. The number of rotatable bonds is 2. The molecule has 0 N–H and O–H groups in total. The maximum Gasteiger partial charge on any atom is 0.0447 e. The molecule has 146 valence electrons. The highest BCUT2D eigenvalue weighted by atomic mass is 15.3. The summed E-state index contributed by atoms with van der Waals surface area (Å²) in [4.78, 5) is 9.94. The van der Waals surface area contributed by atoms with E-state index in [1.165, 1.54) is 32.9 Å². The van der Waals surface area contributed by atoms with Gasteiger partial charge in [0.25, 0.3) is 0 Å². The van der Waals surface area contributed by atoms with Crippen LogP contribution in [0.2, 0.25) is 0 Å². The highest BCUT2D eigenvalue weighted by Crippen LogP contribution is 2.35. The summed E-state index contributed by atoms with van der Waals surface area (Å²) < 4.78 is 0. The van der Waals surface area contributed by atoms with Gasteiger partial charge in [-0.2, -0.15) is 0 Å². The number of anilines is 2. The van der Waals surface area contributed by atoms with E-state index in [0.717, 1.165) is 52.4 Å². The van der Waals surface area contributed by atoms with Gasteiger partial charge in [-0.15, -0.1) is 0 Å². The number of benzene rings is 3. The molecule has 2 aliphatic rings. The number of hydrogen-bond acceptors (Lipinski definition) is 4. The van der Waals surface area contributed by atoms with Crippen molar-refractivity contribution < 1.29 is 0 Å². The van der Waals surface area contributed by atoms with Crippen LogP contribution in [0, 0.1) is 0 Å². The van der Waals surface area contributed by atoms with Crippen molar-refractivity contribution in [2.75, 3.05) is 76.3 Å². The van der Waals surface area contributed by atoms with Crippen LogP contribution in [0.3, 0.4) is 0 Å². The molecule has 3 aromatic rings. The number of nitrogens with zero attached hydrogens (tertiary/aromatic N) is 4. The molecule has 2 saturated heterocycles. The normalized spacial score (nSPS) is 19.6. The van der Waals surface area contributed by atoms with Crippen LogP contribution in [0.15, 0.2) is 48.5 Å². The van der Waals surface area contributed by atoms with Crippen LogP contribution in [0.1, 0.15) is 0 Å². The van der Waals surface area contributed by atoms with Gasteiger partial charge < -0.3 is 19.6 Å². The second-order valence-corrected chi connectivity index (χ2v) is 8.43. The first-order chi connectivity index (χ1) is 13.7. The Morgan fingerprint density at radius 3 is 1.32 bits per heavy atom. The lowest BCUT2D eigenvalue weighted by atomic mass is 9.99. The van der Waals surface area contributed by atoms with Crippen LogP contribution in [0.25, 0.3) is 21.5 Å². The zero-order chi connectivity index (χ0) is 19.1. The quantitative estimate of drug-likeness (QED) is 0.637. The third-order valence-corrected chi connectivity index (χ3v) is 6.52. The Balaban J connectivity index is 1.58. The summed E-state index contributed by atoms with van der Waals surface area (Å²) in [6.07, 6.45) is 0. The van der Waals surface area contributed by atoms with Gasteiger partial charge in [0.1, 0.15) is 0 Å². The molecule has 2 aliphatic heterocycles. The lowest BCUT2D eigenvalue weighted by Crippen LogP contribution is -2.44. The molecular weight excluding hydrogens is 344 g/mol. The van der Waals surface area contributed by atoms with Crippen LogP contribution in [-0.4, -0.2) is 76.3 Å². The molecular formula is C24H30N4. The van der Waals surface area contributed by atoms with Crippen LogP contribution >= 0.6 is 0 Å². The zero-order valence-corrected chi connectivity index (χ0v) is 17.1. The van der Waals surface area contributed by atoms with E-state index in [0.29, 0.717) is 0 Å². The van der Waals surface area contributed by atoms with E-state index in [4.69, 9.17) is 0 Å². The molecule has 2 heterocycles. The van der Waals surface area contributed by atoms with Crippen molar-refractivity contribution in [1.29, 1.82) is 0 Å². The largest absolute Gasteiger partial charge is 0.368 e. The summed E-state index contributed by atoms with van der Waals surface area (Å²) in [5.74, 6) is 0. The predicted octanol–water partition coefficient (Wildman–Crippen LogP) is 3.50. The summed E-state index contributed by atoms with van der Waals surface area (Å²) in [7, 11) is 4.43. The van der Waals surface area contributed by atoms with E-state index in [-0.39, 0.29) is 0 Å². The molecule has 0 aliphatic carbocycles. The number of fused-ring (bicyclic) bond motifs is 2. The molecule has 5 rings (SSSR count). The van der Waals surface area contributed by atoms with E-state index in [1.54, 1.807) is 0 Å². The molecule has 0 atom stereocenters. The fraction of sp³-hybridized carbons (Fsp3) is 0.417. The topological polar surface area (TPSA) is 13.0 Å². The van der Waals surface area contributed by atoms with Gasteiger partial charge >= 0.3 is 0 Å². The molecule has 0 aromatic heterocycles. The van der Waals surface area contributed by atoms with Crippen molar-refractivity contribution in [1.82, 2.24) is 9.80 Å². The summed E-state index contributed by atoms with van der Waals surface area (Å²) in [6.45, 7) is 8.97. The maximum atomic E-state index is 2.55. The maximum absolute atomic E-state index is 2.55. The van der Waals surface area contributed by atoms with Crippen molar-refractivity contribution in [3.63, 3.8) is 0 Å². The van der Waals surface area contributed by atoms with Gasteiger partial charge in [0.15, 0.2) is 0 Å². The summed E-state index contributed by atoms with van der Waals surface area (Å²) >= 11 is 0. The van der Waals surface area contributed by atoms with Crippen molar-refractivity contribution in [2.24, 2.45) is 0 Å². The lowest BCUT2D eigenvalue weighted by molar-refractivity contribution is 0.313. The van der Waals surface area contributed by atoms with E-state index in [2.05, 4.69) is 82.2 Å². The fourth-order valence-electron chi connectivity index (χ4n) is 4.66. The van der Waals surface area contributed by atoms with E-state index < -0.39 is 0 Å². The Kier molecular flexibility index (Phi) is 4.61. The van der Waals surface area contributed by atoms with Gasteiger partial charge in [-0.3, -0.25) is 0 Å². The first kappa shape index (κ1) is 17.8. The predicted molar refractivity (Wildman–Crippen MR) is 121 cm³/mol. The molecule has 0 unspecified atom stereocenters. The number of hydrogen-bond donors (Lipinski definition) is 0. The van der Waals surface area contributed by atoms with Gasteiger partial charge in [0.05, 0.1) is 0 Å². The van der Waals surface area contributed by atoms with Crippen LogP contribution in [0.4, 0.5) is 11.4 Å². The van der Waals surface area contributed by atoms with Crippen LogP contribution < -0.4 is 9.80 Å². The molecule has 4 nitrogen and oxygen atoms in total. The third kappa shape index (κ3) is 3.21. The SMILES string of the molecule is CN1CCN(c2cccc3cc4c(N5CCN(C)CC5)cccc4cc23)CC1. The number of likely N-dealkylation sites (N-methyl/N-ethyl adjacent to an activating group) is 2. The minimum Gasteiger partial charge on any atom is -0.368 e. The average molecular weight is 375 g/mol. The van der Waals surface area contributed by atoms with E-state index >= 15 is 0 Å². The Morgan fingerprint density at radius 2 is 0.929 bits per heavy atom. The molecule has 3 aromatic carbocycles. The molecule has 4 heteroatoms. The minimum atomic E-state index is 1.11. The summed E-state index contributed by atoms with van der Waals surface area (Å²) in [5.41, 5.74) is 2.77. The first-order valence-electron chi connectivity index (χ1n) is 10.5. The second kappa shape index (κ2) is 7.26. The second-order valence-electron chi connectivity index (χ2n) is 8.43. The lowest BCUT2D eigenvalue weighted by Gasteiger charge is -2.35. The zero-order valence-electron chi connectivity index (χ0n) is 17.1. The Morgan fingerprint density at radius 1 is 0.536 bits per heavy atom. The molecule has 0 amide bonds. The van der Waals surface area contributed by atoms with Crippen LogP contribution in [0.5, 0.6) is 0 Å². The third-order valence-electron chi connectivity index (χ3n) is 6.52. The monoisotopic (exact) mass is 374 g/mol. The number of piperazine rings is 2. The highest BCUT2D eigenvalue weighted by Gasteiger charge is 2.19. The molecule has 0 saturated carbocycles. The smallest absolute Gasteiger partial charge is 0.0447 e. The van der Waals surface area contributed by atoms with Crippen molar-refractivity contribution in [2.45, 2.75) is 0 Å². The van der Waals surface area contributed by atoms with Gasteiger partial charge in [-0.05, 0) is 49.1 Å². The first-order valence-corrected chi connectivity index (χ1v) is 10.5. The Hall–Kier alpha value is -2.30. The van der Waals surface area contributed by atoms with E-state index in [9.17, 15) is 0 Å². The van der Waals surface area contributed by atoms with E-state index in [1.807, 2.05) is 0 Å². The molecule has 0 radical (unpaired) electrons. The van der Waals surface area contributed by atoms with Crippen molar-refractivity contribution in [3.8, 4) is 0 Å². The van der Waals surface area contributed by atoms with Crippen molar-refractivity contribution >= 4 is 32.9 Å². The summed E-state index contributed by atoms with van der Waals surface area (Å²) in [5, 5.41) is 5.47. The van der Waals surface area contributed by atoms with Gasteiger partial charge in [0.2, 0.25) is 0 Å². The standard InChI is InChI=1S/C24H30N4/c1-25-9-13-27(14-10-25)23-7-3-5-19-18-22-20(17-21(19)23)6-4-8-24(22)28-15-11-26(2)12-16-28/h3-8,17-18H,9-16H2,1-2H3. The molecule has 0 spiro atoms. The van der Waals surface area contributed by atoms with Crippen molar-refractivity contribution in [3.05, 3.63) is 48.5 Å². The Labute approximate surface area is 167 Å². The van der Waals surface area contributed by atoms with Crippen LogP contribution in [-0.2, 0) is 0 Å². The molecule has 2 fully saturated rings. The Bertz CT molecular complexity index is 901. The van der Waals surface area contributed by atoms with Gasteiger partial charge in [-0.25, -0.2) is 0 Å². The fourth-order valence-corrected chi connectivity index (χ4v) is 4.66. The average Bonchev–Trinajstić information content (AvgIpc) is 2.73. The van der Waals surface area contributed by atoms with Gasteiger partial charge in [-0.1, -0.05) is 24.3 Å². The summed E-state index contributed by atoms with van der Waals surface area (Å²) in [6, 6.07) is 18.4. The minimum absolute atomic E-state index is 1.11. The van der Waals surface area contributed by atoms with Gasteiger partial charge in [0, 0.05) is 74.5 Å². The highest BCUT2D eigenvalue weighted by molar-refractivity contribution is 6.07. The molecule has 28 heavy (non-hydrogen) atoms.